The zero-order chi connectivity index (χ0) is 10.2. The Morgan fingerprint density at radius 1 is 1.50 bits per heavy atom. The van der Waals surface area contributed by atoms with Crippen LogP contribution in [0.1, 0.15) is 17.3 Å². The van der Waals surface area contributed by atoms with Gasteiger partial charge in [-0.1, -0.05) is 12.1 Å². The van der Waals surface area contributed by atoms with Crippen LogP contribution in [-0.4, -0.2) is 11.8 Å². The molecule has 1 aliphatic heterocycles. The summed E-state index contributed by atoms with van der Waals surface area (Å²) in [5.74, 6) is 3.84. The Hall–Kier alpha value is -1.59. The third-order valence-electron chi connectivity index (χ3n) is 2.09. The lowest BCUT2D eigenvalue weighted by molar-refractivity contribution is -0.0159. The number of benzene rings is 1. The quantitative estimate of drug-likeness (QED) is 0.342. The first kappa shape index (κ1) is 8.98. The van der Waals surface area contributed by atoms with Crippen LogP contribution in [0.3, 0.4) is 0 Å². The Morgan fingerprint density at radius 3 is 2.93 bits per heavy atom. The van der Waals surface area contributed by atoms with E-state index in [0.29, 0.717) is 11.3 Å². The summed E-state index contributed by atoms with van der Waals surface area (Å²) in [6, 6.07) is 7.10. The minimum absolute atomic E-state index is 0.389. The van der Waals surface area contributed by atoms with E-state index in [1.807, 2.05) is 6.07 Å². The van der Waals surface area contributed by atoms with E-state index in [1.165, 1.54) is 0 Å². The molecule has 0 saturated carbocycles. The van der Waals surface area contributed by atoms with Crippen molar-refractivity contribution >= 4 is 11.7 Å². The van der Waals surface area contributed by atoms with Gasteiger partial charge in [0.05, 0.1) is 11.3 Å². The van der Waals surface area contributed by atoms with Crippen molar-refractivity contribution in [1.82, 2.24) is 5.43 Å². The molecule has 1 heterocycles. The molecule has 0 aromatic heterocycles. The zero-order valence-electron chi connectivity index (χ0n) is 7.70. The molecule has 0 bridgehead atoms. The fraction of sp³-hybridized carbons (Fsp3) is 0.222. The van der Waals surface area contributed by atoms with Crippen molar-refractivity contribution in [2.24, 2.45) is 5.84 Å². The number of cyclic esters (lactones) is 1. The Balaban J connectivity index is 2.43. The SMILES string of the molecule is CC1(NN)Nc2ccccc2C(=O)O1. The number of carbonyl (C=O) groups is 1. The highest BCUT2D eigenvalue weighted by Gasteiger charge is 2.34. The summed E-state index contributed by atoms with van der Waals surface area (Å²) in [5.41, 5.74) is 3.62. The summed E-state index contributed by atoms with van der Waals surface area (Å²) in [4.78, 5) is 11.5. The summed E-state index contributed by atoms with van der Waals surface area (Å²) in [7, 11) is 0. The number of esters is 1. The summed E-state index contributed by atoms with van der Waals surface area (Å²) >= 11 is 0. The van der Waals surface area contributed by atoms with E-state index in [0.717, 1.165) is 0 Å². The molecule has 4 N–H and O–H groups in total. The zero-order valence-corrected chi connectivity index (χ0v) is 7.70. The molecule has 74 valence electrons. The average Bonchev–Trinajstić information content (AvgIpc) is 2.18. The molecule has 1 atom stereocenters. The molecule has 1 aromatic rings. The Labute approximate surface area is 81.2 Å². The second-order valence-electron chi connectivity index (χ2n) is 3.24. The highest BCUT2D eigenvalue weighted by Crippen LogP contribution is 2.26. The maximum Gasteiger partial charge on any atom is 0.343 e. The van der Waals surface area contributed by atoms with Crippen LogP contribution in [0.2, 0.25) is 0 Å². The van der Waals surface area contributed by atoms with Crippen LogP contribution in [0, 0.1) is 0 Å². The normalized spacial score (nSPS) is 24.9. The lowest BCUT2D eigenvalue weighted by atomic mass is 10.1. The van der Waals surface area contributed by atoms with E-state index >= 15 is 0 Å². The van der Waals surface area contributed by atoms with Gasteiger partial charge in [-0.3, -0.25) is 5.84 Å². The minimum Gasteiger partial charge on any atom is -0.421 e. The molecule has 1 unspecified atom stereocenters. The van der Waals surface area contributed by atoms with Crippen molar-refractivity contribution in [3.63, 3.8) is 0 Å². The van der Waals surface area contributed by atoms with Crippen LogP contribution in [0.4, 0.5) is 5.69 Å². The van der Waals surface area contributed by atoms with Crippen molar-refractivity contribution < 1.29 is 9.53 Å². The summed E-state index contributed by atoms with van der Waals surface area (Å²) in [6.07, 6.45) is 0. The molecule has 0 fully saturated rings. The fourth-order valence-electron chi connectivity index (χ4n) is 1.36. The van der Waals surface area contributed by atoms with Crippen LogP contribution < -0.4 is 16.6 Å². The molecular weight excluding hydrogens is 182 g/mol. The maximum absolute atomic E-state index is 11.5. The molecular formula is C9H11N3O2. The second-order valence-corrected chi connectivity index (χ2v) is 3.24. The number of ether oxygens (including phenoxy) is 1. The Bertz CT molecular complexity index is 380. The van der Waals surface area contributed by atoms with Crippen molar-refractivity contribution in [2.75, 3.05) is 5.32 Å². The number of anilines is 1. The first-order valence-electron chi connectivity index (χ1n) is 4.23. The van der Waals surface area contributed by atoms with Gasteiger partial charge >= 0.3 is 5.97 Å². The van der Waals surface area contributed by atoms with Gasteiger partial charge in [0.1, 0.15) is 0 Å². The van der Waals surface area contributed by atoms with Crippen LogP contribution >= 0.6 is 0 Å². The van der Waals surface area contributed by atoms with E-state index in [1.54, 1.807) is 25.1 Å². The van der Waals surface area contributed by atoms with Gasteiger partial charge in [0.25, 0.3) is 5.85 Å². The maximum atomic E-state index is 11.5. The summed E-state index contributed by atoms with van der Waals surface area (Å²) in [6.45, 7) is 1.64. The molecule has 0 saturated heterocycles. The van der Waals surface area contributed by atoms with Gasteiger partial charge in [-0.25, -0.2) is 10.2 Å². The highest BCUT2D eigenvalue weighted by atomic mass is 16.6. The van der Waals surface area contributed by atoms with Crippen molar-refractivity contribution in [1.29, 1.82) is 0 Å². The molecule has 0 amide bonds. The van der Waals surface area contributed by atoms with Crippen LogP contribution in [0.25, 0.3) is 0 Å². The van der Waals surface area contributed by atoms with Crippen molar-refractivity contribution in [3.05, 3.63) is 29.8 Å². The number of rotatable bonds is 1. The van der Waals surface area contributed by atoms with Crippen LogP contribution in [0.5, 0.6) is 0 Å². The number of hydrogen-bond acceptors (Lipinski definition) is 5. The smallest absolute Gasteiger partial charge is 0.343 e. The van der Waals surface area contributed by atoms with Crippen molar-refractivity contribution in [3.8, 4) is 0 Å². The lowest BCUT2D eigenvalue weighted by Crippen LogP contribution is -2.58. The molecule has 0 spiro atoms. The monoisotopic (exact) mass is 193 g/mol. The number of hydrazine groups is 1. The van der Waals surface area contributed by atoms with E-state index in [4.69, 9.17) is 10.6 Å². The first-order chi connectivity index (χ1) is 6.64. The molecule has 14 heavy (non-hydrogen) atoms. The lowest BCUT2D eigenvalue weighted by Gasteiger charge is -2.34. The topological polar surface area (TPSA) is 76.4 Å². The van der Waals surface area contributed by atoms with E-state index in [2.05, 4.69) is 10.7 Å². The van der Waals surface area contributed by atoms with Gasteiger partial charge in [0, 0.05) is 6.92 Å². The van der Waals surface area contributed by atoms with Gasteiger partial charge in [-0.2, -0.15) is 0 Å². The number of para-hydroxylation sites is 1. The van der Waals surface area contributed by atoms with Crippen molar-refractivity contribution in [2.45, 2.75) is 12.8 Å². The van der Waals surface area contributed by atoms with E-state index in [-0.39, 0.29) is 5.97 Å². The molecule has 5 nitrogen and oxygen atoms in total. The standard InChI is InChI=1S/C9H11N3O2/c1-9(12-10)11-7-5-3-2-4-6(7)8(13)14-9/h2-5,11-12H,10H2,1H3. The number of hydrogen-bond donors (Lipinski definition) is 3. The van der Waals surface area contributed by atoms with Crippen LogP contribution in [0.15, 0.2) is 24.3 Å². The minimum atomic E-state index is -1.04. The molecule has 1 aromatic carbocycles. The molecule has 1 aliphatic rings. The number of carbonyl (C=O) groups excluding carboxylic acids is 1. The second kappa shape index (κ2) is 2.97. The number of nitrogens with two attached hydrogens (primary N) is 1. The third-order valence-corrected chi connectivity index (χ3v) is 2.09. The molecule has 2 rings (SSSR count). The summed E-state index contributed by atoms with van der Waals surface area (Å²) < 4.78 is 5.06. The van der Waals surface area contributed by atoms with Gasteiger partial charge in [-0.15, -0.1) is 0 Å². The third kappa shape index (κ3) is 1.32. The van der Waals surface area contributed by atoms with E-state index < -0.39 is 5.85 Å². The van der Waals surface area contributed by atoms with Crippen LogP contribution in [-0.2, 0) is 4.74 Å². The van der Waals surface area contributed by atoms with Gasteiger partial charge in [0.2, 0.25) is 0 Å². The number of nitrogens with one attached hydrogen (secondary N) is 2. The van der Waals surface area contributed by atoms with Gasteiger partial charge in [-0.05, 0) is 12.1 Å². The Kier molecular flexibility index (Phi) is 1.90. The highest BCUT2D eigenvalue weighted by molar-refractivity contribution is 5.97. The van der Waals surface area contributed by atoms with Gasteiger partial charge in [0.15, 0.2) is 0 Å². The predicted octanol–water partition coefficient (Wildman–Crippen LogP) is 0.406. The molecule has 5 heteroatoms. The predicted molar refractivity (Wildman–Crippen MR) is 51.2 cm³/mol. The summed E-state index contributed by atoms with van der Waals surface area (Å²) in [5, 5.41) is 2.97. The molecule has 0 aliphatic carbocycles. The Morgan fingerprint density at radius 2 is 2.21 bits per heavy atom. The largest absolute Gasteiger partial charge is 0.421 e. The average molecular weight is 193 g/mol. The van der Waals surface area contributed by atoms with E-state index in [9.17, 15) is 4.79 Å². The fourth-order valence-corrected chi connectivity index (χ4v) is 1.36. The molecule has 0 radical (unpaired) electrons. The van der Waals surface area contributed by atoms with Gasteiger partial charge < -0.3 is 10.1 Å². The first-order valence-corrected chi connectivity index (χ1v) is 4.23. The number of fused-ring (bicyclic) bond motifs is 1.